The van der Waals surface area contributed by atoms with Crippen molar-refractivity contribution >= 4 is 46.0 Å². The summed E-state index contributed by atoms with van der Waals surface area (Å²) in [5.41, 5.74) is 2.47. The van der Waals surface area contributed by atoms with Crippen molar-refractivity contribution in [3.8, 4) is 5.88 Å². The van der Waals surface area contributed by atoms with E-state index in [2.05, 4.69) is 15.0 Å². The van der Waals surface area contributed by atoms with E-state index in [1.807, 2.05) is 0 Å². The Balaban J connectivity index is 1.56. The van der Waals surface area contributed by atoms with E-state index >= 15 is 0 Å². The summed E-state index contributed by atoms with van der Waals surface area (Å²) in [6.07, 6.45) is 3.13. The number of aromatic nitrogens is 1. The van der Waals surface area contributed by atoms with E-state index in [9.17, 15) is 13.8 Å². The Morgan fingerprint density at radius 3 is 2.84 bits per heavy atom. The number of halogens is 1. The van der Waals surface area contributed by atoms with Gasteiger partial charge in [0.1, 0.15) is 4.91 Å². The van der Waals surface area contributed by atoms with E-state index in [0.29, 0.717) is 27.7 Å². The number of amides is 1. The molecule has 1 aliphatic rings. The maximum Gasteiger partial charge on any atom is 0.251 e. The van der Waals surface area contributed by atoms with Gasteiger partial charge in [0.2, 0.25) is 11.7 Å². The number of carbonyl (C=O) groups is 2. The van der Waals surface area contributed by atoms with Gasteiger partial charge in [-0.05, 0) is 53.6 Å². The van der Waals surface area contributed by atoms with Gasteiger partial charge in [0.05, 0.1) is 12.8 Å². The van der Waals surface area contributed by atoms with Gasteiger partial charge >= 0.3 is 0 Å². The Labute approximate surface area is 192 Å². The molecule has 1 amide bonds. The molecular weight excluding hydrogens is 450 g/mol. The zero-order valence-electron chi connectivity index (χ0n) is 16.9. The molecule has 0 fully saturated rings. The molecule has 162 valence electrons. The third kappa shape index (κ3) is 4.71. The van der Waals surface area contributed by atoms with Gasteiger partial charge in [-0.15, -0.1) is 0 Å². The normalized spacial score (nSPS) is 16.2. The molecule has 32 heavy (non-hydrogen) atoms. The first-order valence-electron chi connectivity index (χ1n) is 9.56. The van der Waals surface area contributed by atoms with E-state index in [4.69, 9.17) is 16.3 Å². The molecule has 1 aromatic heterocycles. The summed E-state index contributed by atoms with van der Waals surface area (Å²) in [6.45, 7) is 0.269. The molecular formula is C23H18ClN3O4S. The number of hydrogen-bond acceptors (Lipinski definition) is 5. The molecule has 4 rings (SSSR count). The third-order valence-corrected chi connectivity index (χ3v) is 6.10. The molecule has 2 heterocycles. The maximum atomic E-state index is 13.1. The van der Waals surface area contributed by atoms with Crippen molar-refractivity contribution in [3.05, 3.63) is 93.0 Å². The van der Waals surface area contributed by atoms with Gasteiger partial charge in [-0.2, -0.15) is 0 Å². The minimum absolute atomic E-state index is 0.0844. The average molecular weight is 468 g/mol. The molecule has 1 unspecified atom stereocenters. The van der Waals surface area contributed by atoms with E-state index in [1.54, 1.807) is 54.7 Å². The Hall–Kier alpha value is -3.49. The van der Waals surface area contributed by atoms with Crippen molar-refractivity contribution < 1.29 is 18.5 Å². The van der Waals surface area contributed by atoms with Crippen LogP contribution in [-0.4, -0.2) is 28.0 Å². The molecule has 1 aliphatic heterocycles. The molecule has 0 bridgehead atoms. The van der Waals surface area contributed by atoms with Gasteiger partial charge in [-0.1, -0.05) is 23.7 Å². The number of anilines is 1. The van der Waals surface area contributed by atoms with Gasteiger partial charge in [0.15, 0.2) is 11.0 Å². The first kappa shape index (κ1) is 21.7. The number of Topliss-reactive ketones (excluding diaryl/α,β-unsaturated/α-hetero) is 1. The first-order valence-corrected chi connectivity index (χ1v) is 11.1. The quantitative estimate of drug-likeness (QED) is 0.553. The number of methoxy groups -OCH3 is 1. The molecule has 2 N–H and O–H groups in total. The highest BCUT2D eigenvalue weighted by Crippen LogP contribution is 2.30. The fourth-order valence-corrected chi connectivity index (χ4v) is 4.37. The van der Waals surface area contributed by atoms with Crippen LogP contribution in [0.1, 0.15) is 31.8 Å². The number of benzene rings is 2. The molecule has 0 spiro atoms. The fraction of sp³-hybridized carbons (Fsp3) is 0.0870. The second-order valence-corrected chi connectivity index (χ2v) is 8.53. The van der Waals surface area contributed by atoms with E-state index in [0.717, 1.165) is 5.56 Å². The summed E-state index contributed by atoms with van der Waals surface area (Å²) in [5.74, 6) is -0.303. The topological polar surface area (TPSA) is 97.4 Å². The molecule has 1 atom stereocenters. The van der Waals surface area contributed by atoms with Crippen molar-refractivity contribution in [2.75, 3.05) is 11.8 Å². The molecule has 0 saturated carbocycles. The number of pyridine rings is 1. The van der Waals surface area contributed by atoms with Crippen LogP contribution >= 0.6 is 11.6 Å². The maximum absolute atomic E-state index is 13.1. The van der Waals surface area contributed by atoms with Gasteiger partial charge in [0.25, 0.3) is 5.91 Å². The van der Waals surface area contributed by atoms with Crippen LogP contribution in [0.3, 0.4) is 0 Å². The van der Waals surface area contributed by atoms with Crippen LogP contribution in [0.5, 0.6) is 5.88 Å². The summed E-state index contributed by atoms with van der Waals surface area (Å²) in [4.78, 5) is 29.8. The Kier molecular flexibility index (Phi) is 6.34. The summed E-state index contributed by atoms with van der Waals surface area (Å²) in [7, 11) is -0.206. The number of ketones is 1. The second-order valence-electron chi connectivity index (χ2n) is 6.91. The van der Waals surface area contributed by atoms with Gasteiger partial charge in [-0.25, -0.2) is 9.19 Å². The minimum atomic E-state index is -1.73. The SMILES string of the molecule is COc1cc(CNC(=O)c2ccc3c(c2)C(=O)/C(=C/c2cccc(Cl)c2)S(=O)N3)ccn1. The number of nitrogens with one attached hydrogen (secondary N) is 2. The first-order chi connectivity index (χ1) is 15.4. The fourth-order valence-electron chi connectivity index (χ4n) is 3.16. The largest absolute Gasteiger partial charge is 0.481 e. The lowest BCUT2D eigenvalue weighted by molar-refractivity contribution is 0.0951. The van der Waals surface area contributed by atoms with Crippen LogP contribution in [0, 0.1) is 0 Å². The third-order valence-electron chi connectivity index (χ3n) is 4.76. The lowest BCUT2D eigenvalue weighted by Crippen LogP contribution is -2.25. The number of rotatable bonds is 5. The predicted molar refractivity (Wildman–Crippen MR) is 124 cm³/mol. The molecule has 2 aromatic carbocycles. The predicted octanol–water partition coefficient (Wildman–Crippen LogP) is 3.99. The molecule has 9 heteroatoms. The Morgan fingerprint density at radius 2 is 2.06 bits per heavy atom. The highest BCUT2D eigenvalue weighted by Gasteiger charge is 2.28. The van der Waals surface area contributed by atoms with Crippen LogP contribution in [0.15, 0.2) is 65.7 Å². The zero-order valence-corrected chi connectivity index (χ0v) is 18.5. The summed E-state index contributed by atoms with van der Waals surface area (Å²) in [6, 6.07) is 15.0. The van der Waals surface area contributed by atoms with Crippen molar-refractivity contribution in [1.29, 1.82) is 0 Å². The highest BCUT2D eigenvalue weighted by atomic mass is 35.5. The molecule has 3 aromatic rings. The molecule has 0 radical (unpaired) electrons. The van der Waals surface area contributed by atoms with Crippen molar-refractivity contribution in [2.45, 2.75) is 6.54 Å². The summed E-state index contributed by atoms with van der Waals surface area (Å²) in [5, 5.41) is 3.32. The van der Waals surface area contributed by atoms with Crippen LogP contribution in [0.2, 0.25) is 5.02 Å². The molecule has 0 saturated heterocycles. The van der Waals surface area contributed by atoms with E-state index < -0.39 is 16.8 Å². The summed E-state index contributed by atoms with van der Waals surface area (Å²) >= 11 is 6.00. The van der Waals surface area contributed by atoms with E-state index in [1.165, 1.54) is 19.3 Å². The number of carbonyl (C=O) groups excluding carboxylic acids is 2. The van der Waals surface area contributed by atoms with E-state index in [-0.39, 0.29) is 22.9 Å². The van der Waals surface area contributed by atoms with Crippen molar-refractivity contribution in [1.82, 2.24) is 10.3 Å². The van der Waals surface area contributed by atoms with Crippen molar-refractivity contribution in [3.63, 3.8) is 0 Å². The molecule has 0 aliphatic carbocycles. The van der Waals surface area contributed by atoms with Gasteiger partial charge < -0.3 is 14.8 Å². The van der Waals surface area contributed by atoms with Gasteiger partial charge in [0, 0.05) is 35.0 Å². The Morgan fingerprint density at radius 1 is 1.22 bits per heavy atom. The van der Waals surface area contributed by atoms with Crippen LogP contribution in [-0.2, 0) is 17.5 Å². The van der Waals surface area contributed by atoms with Gasteiger partial charge in [-0.3, -0.25) is 9.59 Å². The number of hydrogen-bond donors (Lipinski definition) is 2. The lowest BCUT2D eigenvalue weighted by atomic mass is 10.0. The molecule has 7 nitrogen and oxygen atoms in total. The highest BCUT2D eigenvalue weighted by molar-refractivity contribution is 7.91. The number of allylic oxidation sites excluding steroid dienone is 1. The van der Waals surface area contributed by atoms with Crippen LogP contribution in [0.4, 0.5) is 5.69 Å². The zero-order chi connectivity index (χ0) is 22.7. The smallest absolute Gasteiger partial charge is 0.251 e. The summed E-state index contributed by atoms with van der Waals surface area (Å²) < 4.78 is 20.5. The van der Waals surface area contributed by atoms with Crippen LogP contribution < -0.4 is 14.8 Å². The second kappa shape index (κ2) is 9.33. The number of ether oxygens (including phenoxy) is 1. The monoisotopic (exact) mass is 467 g/mol. The standard InChI is InChI=1S/C23H18ClN3O4S/c1-31-21-11-15(7-8-25-21)13-26-23(29)16-5-6-19-18(12-16)22(28)20(32(30)27-19)10-14-3-2-4-17(24)9-14/h2-12,27H,13H2,1H3,(H,26,29)/b20-10-. The number of fused-ring (bicyclic) bond motifs is 1. The average Bonchev–Trinajstić information content (AvgIpc) is 2.80. The van der Waals surface area contributed by atoms with Crippen LogP contribution in [0.25, 0.3) is 6.08 Å². The van der Waals surface area contributed by atoms with Crippen molar-refractivity contribution in [2.24, 2.45) is 0 Å². The number of nitrogens with zero attached hydrogens (tertiary/aromatic N) is 1. The minimum Gasteiger partial charge on any atom is -0.481 e. The lowest BCUT2D eigenvalue weighted by Gasteiger charge is -2.19. The Bertz CT molecular complexity index is 1280.